The fraction of sp³-hybridized carbons (Fsp3) is 0.176. The van der Waals surface area contributed by atoms with Gasteiger partial charge in [-0.1, -0.05) is 30.3 Å². The minimum absolute atomic E-state index is 0.0438. The van der Waals surface area contributed by atoms with Gasteiger partial charge in [0, 0.05) is 11.9 Å². The van der Waals surface area contributed by atoms with E-state index in [2.05, 4.69) is 26.0 Å². The number of rotatable bonds is 5. The number of ketones is 1. The summed E-state index contributed by atoms with van der Waals surface area (Å²) in [7, 11) is 0. The van der Waals surface area contributed by atoms with Crippen LogP contribution in [0.2, 0.25) is 0 Å². The second-order valence-corrected chi connectivity index (χ2v) is 6.20. The highest BCUT2D eigenvalue weighted by Gasteiger charge is 2.15. The van der Waals surface area contributed by atoms with E-state index in [1.165, 1.54) is 17.0 Å². The van der Waals surface area contributed by atoms with Crippen LogP contribution in [-0.2, 0) is 13.1 Å². The number of Topliss-reactive ketones (excluding diaryl/α,β-unsaturated/α-hetero) is 1. The number of hydrogen-bond donors (Lipinski definition) is 0. The first-order valence-corrected chi connectivity index (χ1v) is 8.15. The molecule has 3 rings (SSSR count). The van der Waals surface area contributed by atoms with E-state index in [1.807, 2.05) is 37.3 Å². The van der Waals surface area contributed by atoms with Gasteiger partial charge in [-0.15, -0.1) is 0 Å². The number of carbonyl (C=O) groups is 1. The highest BCUT2D eigenvalue weighted by molar-refractivity contribution is 9.10. The Morgan fingerprint density at radius 1 is 1.21 bits per heavy atom. The lowest BCUT2D eigenvalue weighted by molar-refractivity contribution is 0.0970. The van der Waals surface area contributed by atoms with E-state index in [1.54, 1.807) is 10.9 Å². The van der Waals surface area contributed by atoms with E-state index in [0.29, 0.717) is 16.7 Å². The molecule has 2 heterocycles. The van der Waals surface area contributed by atoms with Crippen molar-refractivity contribution in [3.63, 3.8) is 0 Å². The second-order valence-electron chi connectivity index (χ2n) is 5.39. The van der Waals surface area contributed by atoms with Gasteiger partial charge >= 0.3 is 0 Å². The predicted molar refractivity (Wildman–Crippen MR) is 93.0 cm³/mol. The summed E-state index contributed by atoms with van der Waals surface area (Å²) < 4.78 is 3.62. The van der Waals surface area contributed by atoms with Crippen molar-refractivity contribution in [2.24, 2.45) is 0 Å². The molecule has 0 fully saturated rings. The number of aromatic nitrogens is 4. The van der Waals surface area contributed by atoms with Gasteiger partial charge in [0.05, 0.1) is 31.0 Å². The Kier molecular flexibility index (Phi) is 4.71. The molecular weight excluding hydrogens is 372 g/mol. The molecule has 0 bridgehead atoms. The summed E-state index contributed by atoms with van der Waals surface area (Å²) in [6, 6.07) is 9.91. The molecule has 7 heteroatoms. The molecule has 0 spiro atoms. The SMILES string of the molecule is Cc1c(C(=O)Cn2cc(Br)ncc2=O)cnn1Cc1ccccc1. The van der Waals surface area contributed by atoms with Gasteiger partial charge in [-0.2, -0.15) is 5.10 Å². The summed E-state index contributed by atoms with van der Waals surface area (Å²) in [6.07, 6.45) is 4.24. The van der Waals surface area contributed by atoms with Crippen molar-refractivity contribution in [1.82, 2.24) is 19.3 Å². The van der Waals surface area contributed by atoms with Gasteiger partial charge < -0.3 is 4.57 Å². The molecule has 2 aromatic heterocycles. The number of hydrogen-bond acceptors (Lipinski definition) is 4. The maximum absolute atomic E-state index is 12.5. The van der Waals surface area contributed by atoms with Crippen molar-refractivity contribution in [3.05, 3.63) is 80.7 Å². The molecule has 0 unspecified atom stereocenters. The first kappa shape index (κ1) is 16.3. The van der Waals surface area contributed by atoms with Crippen molar-refractivity contribution in [2.45, 2.75) is 20.0 Å². The normalized spacial score (nSPS) is 10.8. The molecule has 0 radical (unpaired) electrons. The van der Waals surface area contributed by atoms with E-state index in [4.69, 9.17) is 0 Å². The lowest BCUT2D eigenvalue weighted by Gasteiger charge is -2.07. The van der Waals surface area contributed by atoms with Crippen LogP contribution in [0.15, 0.2) is 58.3 Å². The van der Waals surface area contributed by atoms with Crippen LogP contribution in [-0.4, -0.2) is 25.1 Å². The van der Waals surface area contributed by atoms with Gasteiger partial charge in [0.15, 0.2) is 5.78 Å². The quantitative estimate of drug-likeness (QED) is 0.631. The molecule has 6 nitrogen and oxygen atoms in total. The fourth-order valence-electron chi connectivity index (χ4n) is 2.42. The van der Waals surface area contributed by atoms with Crippen LogP contribution in [0.4, 0.5) is 0 Å². The highest BCUT2D eigenvalue weighted by Crippen LogP contribution is 2.12. The Morgan fingerprint density at radius 2 is 1.96 bits per heavy atom. The average Bonchev–Trinajstić information content (AvgIpc) is 2.93. The van der Waals surface area contributed by atoms with Gasteiger partial charge in [-0.3, -0.25) is 14.3 Å². The zero-order valence-electron chi connectivity index (χ0n) is 13.0. The number of carbonyl (C=O) groups excluding carboxylic acids is 1. The van der Waals surface area contributed by atoms with Crippen molar-refractivity contribution >= 4 is 21.7 Å². The van der Waals surface area contributed by atoms with Crippen LogP contribution < -0.4 is 5.56 Å². The van der Waals surface area contributed by atoms with Crippen LogP contribution in [0.5, 0.6) is 0 Å². The van der Waals surface area contributed by atoms with Gasteiger partial charge in [-0.05, 0) is 28.4 Å². The predicted octanol–water partition coefficient (Wildman–Crippen LogP) is 2.44. The van der Waals surface area contributed by atoms with Crippen molar-refractivity contribution < 1.29 is 4.79 Å². The van der Waals surface area contributed by atoms with Crippen LogP contribution in [0, 0.1) is 6.92 Å². The first-order valence-electron chi connectivity index (χ1n) is 7.36. The first-order chi connectivity index (χ1) is 11.5. The molecule has 0 aliphatic carbocycles. The third kappa shape index (κ3) is 3.51. The number of halogens is 1. The van der Waals surface area contributed by atoms with E-state index in [9.17, 15) is 9.59 Å². The number of benzene rings is 1. The van der Waals surface area contributed by atoms with Gasteiger partial charge in [0.1, 0.15) is 4.60 Å². The Bertz CT molecular complexity index is 931. The van der Waals surface area contributed by atoms with E-state index in [-0.39, 0.29) is 17.9 Å². The summed E-state index contributed by atoms with van der Waals surface area (Å²) in [5.41, 5.74) is 2.09. The molecule has 0 N–H and O–H groups in total. The van der Waals surface area contributed by atoms with E-state index < -0.39 is 0 Å². The van der Waals surface area contributed by atoms with E-state index >= 15 is 0 Å². The standard InChI is InChI=1S/C17H15BrN4O2/c1-12-14(7-20-22(12)9-13-5-3-2-4-6-13)15(23)10-21-11-16(18)19-8-17(21)24/h2-8,11H,9-10H2,1H3. The average molecular weight is 387 g/mol. The van der Waals surface area contributed by atoms with Crippen LogP contribution in [0.1, 0.15) is 21.6 Å². The highest BCUT2D eigenvalue weighted by atomic mass is 79.9. The van der Waals surface area contributed by atoms with Crippen molar-refractivity contribution in [3.8, 4) is 0 Å². The molecule has 0 aliphatic rings. The fourth-order valence-corrected chi connectivity index (χ4v) is 2.77. The third-order valence-corrected chi connectivity index (χ3v) is 4.15. The monoisotopic (exact) mass is 386 g/mol. The van der Waals surface area contributed by atoms with E-state index in [0.717, 1.165) is 11.3 Å². The zero-order chi connectivity index (χ0) is 17.1. The lowest BCUT2D eigenvalue weighted by atomic mass is 10.1. The molecule has 0 atom stereocenters. The van der Waals surface area contributed by atoms with Crippen LogP contribution in [0.25, 0.3) is 0 Å². The molecule has 0 saturated heterocycles. The Labute approximate surface area is 146 Å². The molecule has 1 aromatic carbocycles. The maximum atomic E-state index is 12.5. The molecule has 0 amide bonds. The van der Waals surface area contributed by atoms with Gasteiger partial charge in [-0.25, -0.2) is 4.98 Å². The zero-order valence-corrected chi connectivity index (χ0v) is 14.6. The molecule has 0 saturated carbocycles. The lowest BCUT2D eigenvalue weighted by Crippen LogP contribution is -2.24. The summed E-state index contributed by atoms with van der Waals surface area (Å²) in [6.45, 7) is 2.41. The summed E-state index contributed by atoms with van der Waals surface area (Å²) in [4.78, 5) is 28.1. The summed E-state index contributed by atoms with van der Waals surface area (Å²) in [5.74, 6) is -0.160. The smallest absolute Gasteiger partial charge is 0.269 e. The van der Waals surface area contributed by atoms with Crippen LogP contribution >= 0.6 is 15.9 Å². The van der Waals surface area contributed by atoms with Crippen molar-refractivity contribution in [1.29, 1.82) is 0 Å². The third-order valence-electron chi connectivity index (χ3n) is 3.74. The second kappa shape index (κ2) is 6.92. The largest absolute Gasteiger partial charge is 0.304 e. The Balaban J connectivity index is 1.81. The molecule has 24 heavy (non-hydrogen) atoms. The topological polar surface area (TPSA) is 69.8 Å². The summed E-state index contributed by atoms with van der Waals surface area (Å²) in [5, 5.41) is 4.30. The molecular formula is C17H15BrN4O2. The summed E-state index contributed by atoms with van der Waals surface area (Å²) >= 11 is 3.20. The Morgan fingerprint density at radius 3 is 2.71 bits per heavy atom. The molecule has 3 aromatic rings. The molecule has 122 valence electrons. The Hall–Kier alpha value is -2.54. The number of nitrogens with zero attached hydrogens (tertiary/aromatic N) is 4. The van der Waals surface area contributed by atoms with Crippen molar-refractivity contribution in [2.75, 3.05) is 0 Å². The van der Waals surface area contributed by atoms with Gasteiger partial charge in [0.2, 0.25) is 0 Å². The maximum Gasteiger partial charge on any atom is 0.269 e. The van der Waals surface area contributed by atoms with Gasteiger partial charge in [0.25, 0.3) is 5.56 Å². The minimum atomic E-state index is -0.319. The molecule has 0 aliphatic heterocycles. The minimum Gasteiger partial charge on any atom is -0.304 e. The van der Waals surface area contributed by atoms with Crippen LogP contribution in [0.3, 0.4) is 0 Å².